The minimum absolute atomic E-state index is 0.0238. The van der Waals surface area contributed by atoms with Crippen LogP contribution >= 0.6 is 0 Å². The first-order valence-corrected chi connectivity index (χ1v) is 10.3. The maximum Gasteiger partial charge on any atom is 0.387 e. The average Bonchev–Trinajstić information content (AvgIpc) is 2.83. The van der Waals surface area contributed by atoms with Gasteiger partial charge < -0.3 is 15.0 Å². The van der Waals surface area contributed by atoms with Gasteiger partial charge in [0.15, 0.2) is 5.82 Å². The Hall–Kier alpha value is -3.62. The number of nitrogens with zero attached hydrogens (tertiary/aromatic N) is 4. The van der Waals surface area contributed by atoms with E-state index in [0.717, 1.165) is 29.9 Å². The van der Waals surface area contributed by atoms with Gasteiger partial charge in [-0.25, -0.2) is 9.97 Å². The summed E-state index contributed by atoms with van der Waals surface area (Å²) >= 11 is 0. The average molecular weight is 439 g/mol. The number of hydrogen-bond acceptors (Lipinski definition) is 6. The predicted octanol–water partition coefficient (Wildman–Crippen LogP) is 4.20. The molecule has 1 N–H and O–H groups in total. The third-order valence-electron chi connectivity index (χ3n) is 5.43. The summed E-state index contributed by atoms with van der Waals surface area (Å²) in [5.74, 6) is 1.29. The Labute approximate surface area is 184 Å². The fourth-order valence-corrected chi connectivity index (χ4v) is 3.79. The molecule has 0 saturated carbocycles. The van der Waals surface area contributed by atoms with Crippen LogP contribution in [-0.2, 0) is 0 Å². The van der Waals surface area contributed by atoms with Gasteiger partial charge >= 0.3 is 6.61 Å². The molecule has 1 aliphatic heterocycles. The number of aromatic nitrogens is 3. The van der Waals surface area contributed by atoms with Crippen molar-refractivity contribution < 1.29 is 18.3 Å². The lowest BCUT2D eigenvalue weighted by Gasteiger charge is -2.32. The van der Waals surface area contributed by atoms with Crippen molar-refractivity contribution in [3.63, 3.8) is 0 Å². The number of piperidine rings is 1. The van der Waals surface area contributed by atoms with Crippen molar-refractivity contribution in [1.82, 2.24) is 19.9 Å². The Morgan fingerprint density at radius 1 is 1.16 bits per heavy atom. The summed E-state index contributed by atoms with van der Waals surface area (Å²) < 4.78 is 29.3. The highest BCUT2D eigenvalue weighted by Crippen LogP contribution is 2.30. The number of likely N-dealkylation sites (tertiary alicyclic amines) is 1. The zero-order valence-corrected chi connectivity index (χ0v) is 17.5. The number of alkyl halides is 2. The molecule has 7 nitrogen and oxygen atoms in total. The van der Waals surface area contributed by atoms with Crippen molar-refractivity contribution in [2.75, 3.05) is 25.5 Å². The van der Waals surface area contributed by atoms with Crippen LogP contribution in [0.15, 0.2) is 54.9 Å². The van der Waals surface area contributed by atoms with Gasteiger partial charge in [0.05, 0.1) is 0 Å². The van der Waals surface area contributed by atoms with Gasteiger partial charge in [-0.2, -0.15) is 8.78 Å². The van der Waals surface area contributed by atoms with Crippen LogP contribution < -0.4 is 10.1 Å². The van der Waals surface area contributed by atoms with Crippen LogP contribution in [0.1, 0.15) is 34.8 Å². The Bertz CT molecular complexity index is 1070. The standard InChI is InChI=1S/C23H23F2N5O2/c1-26-20-13-19(28-21(29-20)17-5-3-9-27-14-17)15-7-10-30(11-8-15)22(31)16-4-2-6-18(12-16)32-23(24)25/h2-6,9,12-15,23H,7-8,10-11H2,1H3,(H,26,28,29). The number of nitrogens with one attached hydrogen (secondary N) is 1. The highest BCUT2D eigenvalue weighted by molar-refractivity contribution is 5.94. The van der Waals surface area contributed by atoms with E-state index in [4.69, 9.17) is 4.98 Å². The summed E-state index contributed by atoms with van der Waals surface area (Å²) in [6.45, 7) is -1.84. The molecule has 4 rings (SSSR count). The van der Waals surface area contributed by atoms with Gasteiger partial charge in [-0.15, -0.1) is 0 Å². The largest absolute Gasteiger partial charge is 0.435 e. The number of anilines is 1. The van der Waals surface area contributed by atoms with Gasteiger partial charge in [-0.1, -0.05) is 6.07 Å². The molecule has 0 spiro atoms. The number of halogens is 2. The van der Waals surface area contributed by atoms with Crippen molar-refractivity contribution in [1.29, 1.82) is 0 Å². The van der Waals surface area contributed by atoms with Gasteiger partial charge in [-0.3, -0.25) is 9.78 Å². The van der Waals surface area contributed by atoms with Gasteiger partial charge in [0.1, 0.15) is 11.6 Å². The Morgan fingerprint density at radius 2 is 1.97 bits per heavy atom. The molecule has 1 aliphatic rings. The normalized spacial score (nSPS) is 14.4. The molecule has 1 fully saturated rings. The summed E-state index contributed by atoms with van der Waals surface area (Å²) in [4.78, 5) is 28.0. The lowest BCUT2D eigenvalue weighted by Crippen LogP contribution is -2.38. The molecule has 32 heavy (non-hydrogen) atoms. The number of carbonyl (C=O) groups is 1. The highest BCUT2D eigenvalue weighted by Gasteiger charge is 2.26. The number of hydrogen-bond donors (Lipinski definition) is 1. The summed E-state index contributed by atoms with van der Waals surface area (Å²) in [6, 6.07) is 11.6. The first-order chi connectivity index (χ1) is 15.5. The van der Waals surface area contributed by atoms with Crippen LogP contribution in [0.4, 0.5) is 14.6 Å². The van der Waals surface area contributed by atoms with E-state index in [1.807, 2.05) is 25.2 Å². The third-order valence-corrected chi connectivity index (χ3v) is 5.43. The zero-order chi connectivity index (χ0) is 22.5. The Morgan fingerprint density at radius 3 is 2.66 bits per heavy atom. The van der Waals surface area contributed by atoms with E-state index >= 15 is 0 Å². The van der Waals surface area contributed by atoms with Crippen LogP contribution in [0, 0.1) is 0 Å². The second kappa shape index (κ2) is 9.67. The molecule has 1 saturated heterocycles. The van der Waals surface area contributed by atoms with Gasteiger partial charge in [-0.05, 0) is 43.2 Å². The molecule has 1 aromatic carbocycles. The lowest BCUT2D eigenvalue weighted by molar-refractivity contribution is -0.0499. The van der Waals surface area contributed by atoms with E-state index in [9.17, 15) is 13.6 Å². The number of rotatable bonds is 6. The van der Waals surface area contributed by atoms with E-state index in [1.54, 1.807) is 23.4 Å². The molecular formula is C23H23F2N5O2. The number of benzene rings is 1. The molecule has 1 amide bonds. The maximum absolute atomic E-state index is 12.9. The minimum Gasteiger partial charge on any atom is -0.435 e. The van der Waals surface area contributed by atoms with Crippen LogP contribution in [0.2, 0.25) is 0 Å². The number of pyridine rings is 1. The molecule has 0 radical (unpaired) electrons. The molecule has 9 heteroatoms. The summed E-state index contributed by atoms with van der Waals surface area (Å²) in [6.07, 6.45) is 4.91. The first kappa shape index (κ1) is 21.6. The Kier molecular flexibility index (Phi) is 6.53. The predicted molar refractivity (Wildman–Crippen MR) is 116 cm³/mol. The maximum atomic E-state index is 12.9. The summed E-state index contributed by atoms with van der Waals surface area (Å²) in [7, 11) is 1.81. The summed E-state index contributed by atoms with van der Waals surface area (Å²) in [5.41, 5.74) is 2.09. The highest BCUT2D eigenvalue weighted by atomic mass is 19.3. The molecule has 2 aromatic heterocycles. The summed E-state index contributed by atoms with van der Waals surface area (Å²) in [5, 5.41) is 3.08. The number of ether oxygens (including phenoxy) is 1. The molecule has 3 aromatic rings. The van der Waals surface area contributed by atoms with Gasteiger partial charge in [0.2, 0.25) is 0 Å². The number of amides is 1. The van der Waals surface area contributed by atoms with E-state index in [2.05, 4.69) is 20.0 Å². The van der Waals surface area contributed by atoms with Crippen molar-refractivity contribution in [2.24, 2.45) is 0 Å². The zero-order valence-electron chi connectivity index (χ0n) is 17.5. The molecule has 166 valence electrons. The van der Waals surface area contributed by atoms with E-state index in [-0.39, 0.29) is 17.6 Å². The minimum atomic E-state index is -2.93. The third kappa shape index (κ3) is 4.99. The van der Waals surface area contributed by atoms with Gasteiger partial charge in [0.25, 0.3) is 5.91 Å². The monoisotopic (exact) mass is 439 g/mol. The first-order valence-electron chi connectivity index (χ1n) is 10.3. The smallest absolute Gasteiger partial charge is 0.387 e. The molecule has 0 aliphatic carbocycles. The topological polar surface area (TPSA) is 80.2 Å². The molecular weight excluding hydrogens is 416 g/mol. The molecule has 3 heterocycles. The molecule has 0 bridgehead atoms. The van der Waals surface area contributed by atoms with Crippen LogP contribution in [0.3, 0.4) is 0 Å². The quantitative estimate of drug-likeness (QED) is 0.620. The fourth-order valence-electron chi connectivity index (χ4n) is 3.79. The number of carbonyl (C=O) groups excluding carboxylic acids is 1. The van der Waals surface area contributed by atoms with E-state index < -0.39 is 6.61 Å². The Balaban J connectivity index is 1.46. The second-order valence-electron chi connectivity index (χ2n) is 7.47. The van der Waals surface area contributed by atoms with E-state index in [1.165, 1.54) is 18.2 Å². The van der Waals surface area contributed by atoms with Crippen LogP contribution in [-0.4, -0.2) is 52.5 Å². The van der Waals surface area contributed by atoms with Crippen molar-refractivity contribution in [2.45, 2.75) is 25.4 Å². The lowest BCUT2D eigenvalue weighted by atomic mass is 9.92. The second-order valence-corrected chi connectivity index (χ2v) is 7.47. The van der Waals surface area contributed by atoms with E-state index in [0.29, 0.717) is 24.5 Å². The SMILES string of the molecule is CNc1cc(C2CCN(C(=O)c3cccc(OC(F)F)c3)CC2)nc(-c2cccnc2)n1. The molecule has 0 atom stereocenters. The van der Waals surface area contributed by atoms with Gasteiger partial charge in [0, 0.05) is 61.3 Å². The van der Waals surface area contributed by atoms with Crippen LogP contribution in [0.5, 0.6) is 5.75 Å². The van der Waals surface area contributed by atoms with Crippen molar-refractivity contribution in [3.8, 4) is 17.1 Å². The fraction of sp³-hybridized carbons (Fsp3) is 0.304. The van der Waals surface area contributed by atoms with Crippen molar-refractivity contribution in [3.05, 3.63) is 66.1 Å². The van der Waals surface area contributed by atoms with Crippen LogP contribution in [0.25, 0.3) is 11.4 Å². The van der Waals surface area contributed by atoms with Crippen molar-refractivity contribution >= 4 is 11.7 Å². The molecule has 0 unspecified atom stereocenters.